The van der Waals surface area contributed by atoms with Crippen LogP contribution in [0, 0.1) is 0 Å². The molecule has 1 saturated carbocycles. The molecule has 7 nitrogen and oxygen atoms in total. The van der Waals surface area contributed by atoms with E-state index in [1.807, 2.05) is 0 Å². The molecule has 1 unspecified atom stereocenters. The molecule has 1 saturated heterocycles. The first-order valence-electron chi connectivity index (χ1n) is 7.37. The van der Waals surface area contributed by atoms with Gasteiger partial charge in [-0.15, -0.1) is 0 Å². The highest BCUT2D eigenvalue weighted by molar-refractivity contribution is 7.91. The van der Waals surface area contributed by atoms with Crippen molar-refractivity contribution in [3.05, 3.63) is 0 Å². The van der Waals surface area contributed by atoms with Gasteiger partial charge in [0.1, 0.15) is 6.54 Å². The number of rotatable bonds is 4. The molecule has 8 heteroatoms. The van der Waals surface area contributed by atoms with E-state index < -0.39 is 34.4 Å². The maximum atomic E-state index is 12.3. The molecule has 2 N–H and O–H groups in total. The predicted octanol–water partition coefficient (Wildman–Crippen LogP) is 0.602. The minimum absolute atomic E-state index is 0.0183. The van der Waals surface area contributed by atoms with Gasteiger partial charge in [-0.05, 0) is 19.3 Å². The van der Waals surface area contributed by atoms with E-state index in [1.165, 1.54) is 4.90 Å². The van der Waals surface area contributed by atoms with Crippen molar-refractivity contribution in [2.45, 2.75) is 50.6 Å². The van der Waals surface area contributed by atoms with Crippen LogP contribution in [0.15, 0.2) is 0 Å². The first-order chi connectivity index (χ1) is 9.87. The average molecular weight is 318 g/mol. The number of carbonyl (C=O) groups is 2. The Bertz CT molecular complexity index is 499. The second-order valence-electron chi connectivity index (χ2n) is 5.86. The molecule has 1 aliphatic heterocycles. The molecule has 1 aliphatic carbocycles. The largest absolute Gasteiger partial charge is 0.480 e. The number of carboxylic acid groups (broad SMARTS) is 1. The smallest absolute Gasteiger partial charge is 0.323 e. The number of hydrogen-bond donors (Lipinski definition) is 2. The van der Waals surface area contributed by atoms with E-state index >= 15 is 0 Å². The number of nitrogens with one attached hydrogen (secondary N) is 1. The number of urea groups is 1. The number of sulfone groups is 1. The highest BCUT2D eigenvalue weighted by Crippen LogP contribution is 2.20. The van der Waals surface area contributed by atoms with Crippen LogP contribution in [-0.4, -0.2) is 60.6 Å². The van der Waals surface area contributed by atoms with Gasteiger partial charge in [-0.1, -0.05) is 19.3 Å². The lowest BCUT2D eigenvalue weighted by molar-refractivity contribution is -0.138. The summed E-state index contributed by atoms with van der Waals surface area (Å²) >= 11 is 0. The van der Waals surface area contributed by atoms with Gasteiger partial charge in [-0.3, -0.25) is 4.79 Å². The molecule has 0 aromatic carbocycles. The fraction of sp³-hybridized carbons (Fsp3) is 0.846. The first kappa shape index (κ1) is 16.1. The van der Waals surface area contributed by atoms with Crippen LogP contribution >= 0.6 is 0 Å². The highest BCUT2D eigenvalue weighted by Gasteiger charge is 2.36. The van der Waals surface area contributed by atoms with E-state index in [9.17, 15) is 18.0 Å². The first-order valence-corrected chi connectivity index (χ1v) is 9.19. The van der Waals surface area contributed by atoms with Gasteiger partial charge in [0.05, 0.1) is 11.5 Å². The van der Waals surface area contributed by atoms with E-state index in [-0.39, 0.29) is 17.5 Å². The lowest BCUT2D eigenvalue weighted by Gasteiger charge is -2.30. The molecular weight excluding hydrogens is 296 g/mol. The quantitative estimate of drug-likeness (QED) is 0.790. The van der Waals surface area contributed by atoms with Crippen molar-refractivity contribution in [1.82, 2.24) is 10.2 Å². The maximum Gasteiger partial charge on any atom is 0.323 e. The molecule has 21 heavy (non-hydrogen) atoms. The number of hydrogen-bond acceptors (Lipinski definition) is 4. The van der Waals surface area contributed by atoms with Gasteiger partial charge in [-0.2, -0.15) is 0 Å². The minimum Gasteiger partial charge on any atom is -0.480 e. The van der Waals surface area contributed by atoms with Crippen LogP contribution in [0.5, 0.6) is 0 Å². The number of nitrogens with zero attached hydrogens (tertiary/aromatic N) is 1. The molecule has 0 aromatic heterocycles. The van der Waals surface area contributed by atoms with Gasteiger partial charge in [0.15, 0.2) is 9.84 Å². The van der Waals surface area contributed by atoms with Gasteiger partial charge in [0.2, 0.25) is 0 Å². The van der Waals surface area contributed by atoms with Gasteiger partial charge >= 0.3 is 12.0 Å². The molecule has 2 rings (SSSR count). The topological polar surface area (TPSA) is 104 Å². The number of amides is 2. The molecule has 1 atom stereocenters. The van der Waals surface area contributed by atoms with Crippen molar-refractivity contribution in [2.75, 3.05) is 18.1 Å². The molecular formula is C13H22N2O5S. The Hall–Kier alpha value is -1.31. The van der Waals surface area contributed by atoms with Crippen molar-refractivity contribution in [3.8, 4) is 0 Å². The molecule has 120 valence electrons. The van der Waals surface area contributed by atoms with Gasteiger partial charge in [0, 0.05) is 12.1 Å². The van der Waals surface area contributed by atoms with Crippen molar-refractivity contribution in [3.63, 3.8) is 0 Å². The van der Waals surface area contributed by atoms with Gasteiger partial charge in [0.25, 0.3) is 0 Å². The Morgan fingerprint density at radius 3 is 2.33 bits per heavy atom. The Morgan fingerprint density at radius 1 is 1.14 bits per heavy atom. The van der Waals surface area contributed by atoms with Gasteiger partial charge < -0.3 is 15.3 Å². The van der Waals surface area contributed by atoms with Crippen LogP contribution in [0.3, 0.4) is 0 Å². The predicted molar refractivity (Wildman–Crippen MR) is 76.8 cm³/mol. The zero-order chi connectivity index (χ0) is 15.5. The van der Waals surface area contributed by atoms with Crippen LogP contribution in [0.4, 0.5) is 4.79 Å². The normalized spacial score (nSPS) is 25.4. The van der Waals surface area contributed by atoms with Crippen molar-refractivity contribution < 1.29 is 23.1 Å². The lowest BCUT2D eigenvalue weighted by Crippen LogP contribution is -2.51. The van der Waals surface area contributed by atoms with Crippen LogP contribution in [0.1, 0.15) is 38.5 Å². The second kappa shape index (κ2) is 6.64. The van der Waals surface area contributed by atoms with Gasteiger partial charge in [-0.25, -0.2) is 13.2 Å². The molecule has 2 aliphatic rings. The molecule has 0 aromatic rings. The second-order valence-corrected chi connectivity index (χ2v) is 8.09. The summed E-state index contributed by atoms with van der Waals surface area (Å²) in [7, 11) is -3.16. The van der Waals surface area contributed by atoms with E-state index in [0.717, 1.165) is 32.1 Å². The molecule has 0 radical (unpaired) electrons. The zero-order valence-electron chi connectivity index (χ0n) is 12.0. The summed E-state index contributed by atoms with van der Waals surface area (Å²) in [5.41, 5.74) is 0. The van der Waals surface area contributed by atoms with Crippen LogP contribution < -0.4 is 5.32 Å². The monoisotopic (exact) mass is 318 g/mol. The fourth-order valence-electron chi connectivity index (χ4n) is 3.04. The summed E-state index contributed by atoms with van der Waals surface area (Å²) in [6.07, 6.45) is 5.38. The SMILES string of the molecule is O=C(O)CN(C(=O)NC1CCCCC1)C1CCS(=O)(=O)C1. The maximum absolute atomic E-state index is 12.3. The Kier molecular flexibility index (Phi) is 5.08. The summed E-state index contributed by atoms with van der Waals surface area (Å²) in [6, 6.07) is -0.915. The van der Waals surface area contributed by atoms with Crippen molar-refractivity contribution >= 4 is 21.8 Å². The summed E-state index contributed by atoms with van der Waals surface area (Å²) in [5, 5.41) is 11.8. The van der Waals surface area contributed by atoms with E-state index in [1.54, 1.807) is 0 Å². The third kappa shape index (κ3) is 4.59. The number of carboxylic acids is 1. The minimum atomic E-state index is -3.16. The molecule has 2 fully saturated rings. The highest BCUT2D eigenvalue weighted by atomic mass is 32.2. The Labute approximate surface area is 124 Å². The van der Waals surface area contributed by atoms with E-state index in [0.29, 0.717) is 6.42 Å². The lowest BCUT2D eigenvalue weighted by atomic mass is 9.96. The zero-order valence-corrected chi connectivity index (χ0v) is 12.8. The van der Waals surface area contributed by atoms with E-state index in [2.05, 4.69) is 5.32 Å². The fourth-order valence-corrected chi connectivity index (χ4v) is 4.77. The average Bonchev–Trinajstić information content (AvgIpc) is 2.77. The summed E-state index contributed by atoms with van der Waals surface area (Å²) < 4.78 is 23.1. The van der Waals surface area contributed by atoms with Crippen LogP contribution in [0.25, 0.3) is 0 Å². The third-order valence-corrected chi connectivity index (χ3v) is 5.90. The summed E-state index contributed by atoms with van der Waals surface area (Å²) in [5.74, 6) is -1.25. The van der Waals surface area contributed by atoms with E-state index in [4.69, 9.17) is 5.11 Å². The van der Waals surface area contributed by atoms with Crippen LogP contribution in [-0.2, 0) is 14.6 Å². The number of carbonyl (C=O) groups excluding carboxylic acids is 1. The summed E-state index contributed by atoms with van der Waals surface area (Å²) in [6.45, 7) is -0.460. The molecule has 1 heterocycles. The Balaban J connectivity index is 2.01. The molecule has 0 spiro atoms. The van der Waals surface area contributed by atoms with Crippen molar-refractivity contribution in [2.24, 2.45) is 0 Å². The third-order valence-electron chi connectivity index (χ3n) is 4.15. The summed E-state index contributed by atoms with van der Waals surface area (Å²) in [4.78, 5) is 24.4. The number of aliphatic carboxylic acids is 1. The van der Waals surface area contributed by atoms with Crippen molar-refractivity contribution in [1.29, 1.82) is 0 Å². The molecule has 2 amide bonds. The Morgan fingerprint density at radius 2 is 1.81 bits per heavy atom. The molecule has 0 bridgehead atoms. The van der Waals surface area contributed by atoms with Crippen LogP contribution in [0.2, 0.25) is 0 Å². The standard InChI is InChI=1S/C13H22N2O5S/c16-12(17)8-15(11-6-7-21(19,20)9-11)13(18)14-10-4-2-1-3-5-10/h10-11H,1-9H2,(H,14,18)(H,16,17).